The van der Waals surface area contributed by atoms with Crippen molar-refractivity contribution in [2.45, 2.75) is 6.18 Å². The molecule has 0 unspecified atom stereocenters. The predicted octanol–water partition coefficient (Wildman–Crippen LogP) is 5.32. The van der Waals surface area contributed by atoms with Gasteiger partial charge in [-0.05, 0) is 35.0 Å². The highest BCUT2D eigenvalue weighted by Gasteiger charge is 2.33. The Labute approximate surface area is 158 Å². The largest absolute Gasteiger partial charge is 0.418 e. The van der Waals surface area contributed by atoms with Crippen LogP contribution in [0.5, 0.6) is 0 Å². The fourth-order valence-corrected chi connectivity index (χ4v) is 2.61. The lowest BCUT2D eigenvalue weighted by Gasteiger charge is -2.13. The van der Waals surface area contributed by atoms with Crippen LogP contribution < -0.4 is 10.6 Å². The van der Waals surface area contributed by atoms with Crippen LogP contribution in [0.3, 0.4) is 0 Å². The Bertz CT molecular complexity index is 1100. The second kappa shape index (κ2) is 7.84. The SMILES string of the molecule is N#C/C(=C/Nc1ccc2ccccc2c1)C(=O)Nc1ccccc1C(F)(F)F. The first-order chi connectivity index (χ1) is 13.4. The highest BCUT2D eigenvalue weighted by atomic mass is 19.4. The number of carbonyl (C=O) groups is 1. The molecule has 0 aliphatic carbocycles. The van der Waals surface area contributed by atoms with E-state index >= 15 is 0 Å². The van der Waals surface area contributed by atoms with Crippen molar-refractivity contribution >= 4 is 28.1 Å². The van der Waals surface area contributed by atoms with Crippen LogP contribution in [0.2, 0.25) is 0 Å². The van der Waals surface area contributed by atoms with E-state index < -0.39 is 23.3 Å². The van der Waals surface area contributed by atoms with E-state index in [0.717, 1.165) is 29.1 Å². The molecule has 2 N–H and O–H groups in total. The summed E-state index contributed by atoms with van der Waals surface area (Å²) in [5.74, 6) is -0.938. The molecule has 0 spiro atoms. The number of carbonyl (C=O) groups excluding carboxylic acids is 1. The van der Waals surface area contributed by atoms with Gasteiger partial charge in [0, 0.05) is 11.9 Å². The van der Waals surface area contributed by atoms with E-state index in [0.29, 0.717) is 5.69 Å². The molecular formula is C21H14F3N3O. The lowest BCUT2D eigenvalue weighted by molar-refractivity contribution is -0.137. The molecule has 0 heterocycles. The predicted molar refractivity (Wildman–Crippen MR) is 101 cm³/mol. The van der Waals surface area contributed by atoms with Gasteiger partial charge in [0.1, 0.15) is 11.6 Å². The van der Waals surface area contributed by atoms with Crippen molar-refractivity contribution in [2.24, 2.45) is 0 Å². The maximum absolute atomic E-state index is 13.0. The molecule has 3 aromatic carbocycles. The van der Waals surface area contributed by atoms with Crippen LogP contribution >= 0.6 is 0 Å². The van der Waals surface area contributed by atoms with Gasteiger partial charge < -0.3 is 10.6 Å². The monoisotopic (exact) mass is 381 g/mol. The van der Waals surface area contributed by atoms with Gasteiger partial charge in [-0.25, -0.2) is 0 Å². The van der Waals surface area contributed by atoms with Crippen molar-refractivity contribution in [2.75, 3.05) is 10.6 Å². The van der Waals surface area contributed by atoms with Crippen molar-refractivity contribution in [1.82, 2.24) is 0 Å². The fourth-order valence-electron chi connectivity index (χ4n) is 2.61. The summed E-state index contributed by atoms with van der Waals surface area (Å²) < 4.78 is 39.1. The fraction of sp³-hybridized carbons (Fsp3) is 0.0476. The van der Waals surface area contributed by atoms with Crippen LogP contribution in [-0.4, -0.2) is 5.91 Å². The van der Waals surface area contributed by atoms with Gasteiger partial charge in [0.25, 0.3) is 5.91 Å². The number of amides is 1. The highest BCUT2D eigenvalue weighted by Crippen LogP contribution is 2.34. The van der Waals surface area contributed by atoms with Crippen LogP contribution in [0.25, 0.3) is 10.8 Å². The molecule has 0 aromatic heterocycles. The minimum Gasteiger partial charge on any atom is -0.360 e. The van der Waals surface area contributed by atoms with Gasteiger partial charge in [0.15, 0.2) is 0 Å². The van der Waals surface area contributed by atoms with Crippen molar-refractivity contribution in [3.63, 3.8) is 0 Å². The second-order valence-electron chi connectivity index (χ2n) is 5.87. The molecule has 0 saturated carbocycles. The Kier molecular flexibility index (Phi) is 5.32. The third-order valence-corrected chi connectivity index (χ3v) is 3.98. The summed E-state index contributed by atoms with van der Waals surface area (Å²) in [7, 11) is 0. The molecule has 0 aliphatic heterocycles. The van der Waals surface area contributed by atoms with Crippen LogP contribution in [0.1, 0.15) is 5.56 Å². The molecular weight excluding hydrogens is 367 g/mol. The van der Waals surface area contributed by atoms with Crippen LogP contribution in [0.15, 0.2) is 78.5 Å². The topological polar surface area (TPSA) is 64.9 Å². The van der Waals surface area contributed by atoms with Crippen molar-refractivity contribution in [3.05, 3.63) is 84.1 Å². The number of rotatable bonds is 4. The van der Waals surface area contributed by atoms with Crippen molar-refractivity contribution in [1.29, 1.82) is 5.26 Å². The van der Waals surface area contributed by atoms with E-state index in [1.807, 2.05) is 36.4 Å². The number of nitrogens with one attached hydrogen (secondary N) is 2. The summed E-state index contributed by atoms with van der Waals surface area (Å²) in [6, 6.07) is 19.4. The number of halogens is 3. The van der Waals surface area contributed by atoms with Crippen LogP contribution in [0, 0.1) is 11.3 Å². The second-order valence-corrected chi connectivity index (χ2v) is 5.87. The van der Waals surface area contributed by atoms with E-state index in [4.69, 9.17) is 0 Å². The van der Waals surface area contributed by atoms with E-state index in [1.54, 1.807) is 12.1 Å². The number of para-hydroxylation sites is 1. The number of hydrogen-bond donors (Lipinski definition) is 2. The molecule has 0 aliphatic rings. The van der Waals surface area contributed by atoms with Gasteiger partial charge >= 0.3 is 6.18 Å². The molecule has 0 fully saturated rings. The lowest BCUT2D eigenvalue weighted by Crippen LogP contribution is -2.18. The Balaban J connectivity index is 1.79. The molecule has 0 atom stereocenters. The Morgan fingerprint density at radius 3 is 2.36 bits per heavy atom. The molecule has 7 heteroatoms. The number of nitriles is 1. The maximum Gasteiger partial charge on any atom is 0.418 e. The summed E-state index contributed by atoms with van der Waals surface area (Å²) in [5, 5.41) is 16.2. The van der Waals surface area contributed by atoms with E-state index in [2.05, 4.69) is 10.6 Å². The minimum absolute atomic E-state index is 0.356. The smallest absolute Gasteiger partial charge is 0.360 e. The lowest BCUT2D eigenvalue weighted by atomic mass is 10.1. The van der Waals surface area contributed by atoms with Gasteiger partial charge in [0.05, 0.1) is 11.3 Å². The highest BCUT2D eigenvalue weighted by molar-refractivity contribution is 6.07. The molecule has 4 nitrogen and oxygen atoms in total. The number of alkyl halides is 3. The first kappa shape index (κ1) is 19.0. The third kappa shape index (κ3) is 4.30. The van der Waals surface area contributed by atoms with Gasteiger partial charge in [-0.2, -0.15) is 18.4 Å². The van der Waals surface area contributed by atoms with Crippen molar-refractivity contribution in [3.8, 4) is 6.07 Å². The molecule has 3 rings (SSSR count). The van der Waals surface area contributed by atoms with Gasteiger partial charge in [-0.15, -0.1) is 0 Å². The third-order valence-electron chi connectivity index (χ3n) is 3.98. The van der Waals surface area contributed by atoms with Crippen molar-refractivity contribution < 1.29 is 18.0 Å². The van der Waals surface area contributed by atoms with Gasteiger partial charge in [0.2, 0.25) is 0 Å². The Morgan fingerprint density at radius 2 is 1.64 bits per heavy atom. The molecule has 0 radical (unpaired) electrons. The van der Waals surface area contributed by atoms with E-state index in [-0.39, 0.29) is 5.57 Å². The first-order valence-electron chi connectivity index (χ1n) is 8.21. The first-order valence-corrected chi connectivity index (χ1v) is 8.21. The zero-order valence-corrected chi connectivity index (χ0v) is 14.4. The zero-order chi connectivity index (χ0) is 20.1. The standard InChI is InChI=1S/C21H14F3N3O/c22-21(23,24)18-7-3-4-8-19(18)27-20(28)16(12-25)13-26-17-10-9-14-5-1-2-6-15(14)11-17/h1-11,13,26H,(H,27,28)/b16-13-. The van der Waals surface area contributed by atoms with Crippen LogP contribution in [-0.2, 0) is 11.0 Å². The number of fused-ring (bicyclic) bond motifs is 1. The van der Waals surface area contributed by atoms with E-state index in [9.17, 15) is 23.2 Å². The average molecular weight is 381 g/mol. The van der Waals surface area contributed by atoms with Gasteiger partial charge in [-0.3, -0.25) is 4.79 Å². The Hall–Kier alpha value is -3.79. The molecule has 3 aromatic rings. The quantitative estimate of drug-likeness (QED) is 0.475. The average Bonchev–Trinajstić information content (AvgIpc) is 2.68. The molecule has 0 bridgehead atoms. The summed E-state index contributed by atoms with van der Waals surface area (Å²) in [4.78, 5) is 12.2. The minimum atomic E-state index is -4.62. The summed E-state index contributed by atoms with van der Waals surface area (Å²) >= 11 is 0. The number of hydrogen-bond acceptors (Lipinski definition) is 3. The van der Waals surface area contributed by atoms with Gasteiger partial charge in [-0.1, -0.05) is 42.5 Å². The molecule has 0 saturated heterocycles. The number of nitrogens with zero attached hydrogens (tertiary/aromatic N) is 1. The maximum atomic E-state index is 13.0. The van der Waals surface area contributed by atoms with E-state index in [1.165, 1.54) is 12.1 Å². The van der Waals surface area contributed by atoms with Crippen LogP contribution in [0.4, 0.5) is 24.5 Å². The summed E-state index contributed by atoms with van der Waals surface area (Å²) in [5.41, 5.74) is -1.12. The summed E-state index contributed by atoms with van der Waals surface area (Å²) in [6.45, 7) is 0. The number of anilines is 2. The number of benzene rings is 3. The summed E-state index contributed by atoms with van der Waals surface area (Å²) in [6.07, 6.45) is -3.46. The zero-order valence-electron chi connectivity index (χ0n) is 14.4. The molecule has 1 amide bonds. The molecule has 140 valence electrons. The normalized spacial score (nSPS) is 11.7. The Morgan fingerprint density at radius 1 is 0.964 bits per heavy atom. The molecule has 28 heavy (non-hydrogen) atoms.